The van der Waals surface area contributed by atoms with Gasteiger partial charge in [0.25, 0.3) is 11.8 Å². The van der Waals surface area contributed by atoms with Crippen molar-refractivity contribution in [2.45, 2.75) is 59.8 Å². The van der Waals surface area contributed by atoms with E-state index in [0.717, 1.165) is 40.8 Å². The summed E-state index contributed by atoms with van der Waals surface area (Å²) in [6, 6.07) is 30.7. The number of nitrogens with zero attached hydrogens (tertiary/aromatic N) is 5. The summed E-state index contributed by atoms with van der Waals surface area (Å²) >= 11 is 6.71. The van der Waals surface area contributed by atoms with Gasteiger partial charge in [0.2, 0.25) is 0 Å². The molecular formula is C46H46ClN5O4. The van der Waals surface area contributed by atoms with Crippen molar-refractivity contribution in [3.05, 3.63) is 136 Å². The van der Waals surface area contributed by atoms with Crippen LogP contribution in [0.4, 0.5) is 11.4 Å². The largest absolute Gasteiger partial charge is 0.426 e. The minimum Gasteiger partial charge on any atom is -0.426 e. The topological polar surface area (TPSA) is 80.0 Å². The van der Waals surface area contributed by atoms with Crippen LogP contribution in [-0.4, -0.2) is 56.4 Å². The fourth-order valence-corrected chi connectivity index (χ4v) is 8.06. The van der Waals surface area contributed by atoms with Crippen LogP contribution in [0.1, 0.15) is 65.2 Å². The summed E-state index contributed by atoms with van der Waals surface area (Å²) in [5.74, 6) is -0.237. The smallest absolute Gasteiger partial charge is 0.316 e. The molecule has 8 rings (SSSR count). The quantitative estimate of drug-likeness (QED) is 0.125. The zero-order chi connectivity index (χ0) is 39.5. The summed E-state index contributed by atoms with van der Waals surface area (Å²) in [6.45, 7) is 9.99. The number of hydrogen-bond donors (Lipinski definition) is 0. The molecule has 0 unspecified atom stereocenters. The first-order valence-electron chi connectivity index (χ1n) is 19.1. The lowest BCUT2D eigenvalue weighted by molar-refractivity contribution is -0.143. The van der Waals surface area contributed by atoms with Crippen LogP contribution in [0.3, 0.4) is 0 Å². The summed E-state index contributed by atoms with van der Waals surface area (Å²) in [4.78, 5) is 48.4. The molecule has 56 heavy (non-hydrogen) atoms. The van der Waals surface area contributed by atoms with Crippen LogP contribution in [0, 0.1) is 5.41 Å². The molecule has 0 bridgehead atoms. The second-order valence-electron chi connectivity index (χ2n) is 16.2. The standard InChI is InChI=1S/C46H46ClN5O4/c1-29-23-30-9-7-8-10-32(30)27-51(29)43(53)37-17-11-33(47)25-38(37)41-26-39(42-28-48(5)21-22-50(41)42)44(54)52(35-14-18-40-31(24-35)19-20-49(40)6)34-12-15-36(16-13-34)56-45(55)46(2,3)4/h7-20,24-26,29H,21-23,27-28H2,1-6H3/t29-/m1/s1. The van der Waals surface area contributed by atoms with Crippen LogP contribution in [0.2, 0.25) is 5.02 Å². The molecule has 10 heteroatoms. The number of benzene rings is 4. The molecule has 9 nitrogen and oxygen atoms in total. The third-order valence-electron chi connectivity index (χ3n) is 11.1. The van der Waals surface area contributed by atoms with E-state index >= 15 is 4.79 Å². The average Bonchev–Trinajstić information content (AvgIpc) is 3.74. The van der Waals surface area contributed by atoms with Crippen LogP contribution < -0.4 is 9.64 Å². The predicted molar refractivity (Wildman–Crippen MR) is 222 cm³/mol. The second-order valence-corrected chi connectivity index (χ2v) is 16.6. The predicted octanol–water partition coefficient (Wildman–Crippen LogP) is 9.26. The minimum atomic E-state index is -0.671. The van der Waals surface area contributed by atoms with Crippen molar-refractivity contribution in [2.24, 2.45) is 12.5 Å². The normalized spacial score (nSPS) is 15.7. The molecule has 4 aromatic carbocycles. The van der Waals surface area contributed by atoms with Crippen LogP contribution in [0.25, 0.3) is 22.2 Å². The molecule has 2 amide bonds. The van der Waals surface area contributed by atoms with Gasteiger partial charge in [-0.25, -0.2) is 0 Å². The maximum atomic E-state index is 15.3. The highest BCUT2D eigenvalue weighted by molar-refractivity contribution is 6.31. The number of hydrogen-bond acceptors (Lipinski definition) is 5. The molecule has 0 radical (unpaired) electrons. The Kier molecular flexibility index (Phi) is 9.63. The number of carbonyl (C=O) groups is 3. The number of ether oxygens (including phenoxy) is 1. The number of likely N-dealkylation sites (N-methyl/N-ethyl adjacent to an activating group) is 1. The van der Waals surface area contributed by atoms with Gasteiger partial charge in [-0.05, 0) is 125 Å². The molecule has 0 aliphatic carbocycles. The lowest BCUT2D eigenvalue weighted by Crippen LogP contribution is -2.42. The van der Waals surface area contributed by atoms with Gasteiger partial charge in [0.05, 0.1) is 11.0 Å². The lowest BCUT2D eigenvalue weighted by atomic mass is 9.93. The van der Waals surface area contributed by atoms with E-state index in [2.05, 4.69) is 28.5 Å². The Morgan fingerprint density at radius 3 is 2.29 bits per heavy atom. The number of esters is 1. The molecule has 0 N–H and O–H groups in total. The van der Waals surface area contributed by atoms with E-state index < -0.39 is 5.41 Å². The summed E-state index contributed by atoms with van der Waals surface area (Å²) in [7, 11) is 4.04. The van der Waals surface area contributed by atoms with Gasteiger partial charge in [-0.3, -0.25) is 24.2 Å². The Labute approximate surface area is 332 Å². The highest BCUT2D eigenvalue weighted by atomic mass is 35.5. The van der Waals surface area contributed by atoms with Crippen molar-refractivity contribution in [1.82, 2.24) is 18.9 Å². The van der Waals surface area contributed by atoms with Gasteiger partial charge in [-0.15, -0.1) is 0 Å². The number of amides is 2. The van der Waals surface area contributed by atoms with Gasteiger partial charge in [0.15, 0.2) is 0 Å². The van der Waals surface area contributed by atoms with Gasteiger partial charge in [-0.2, -0.15) is 0 Å². The van der Waals surface area contributed by atoms with Gasteiger partial charge >= 0.3 is 5.97 Å². The summed E-state index contributed by atoms with van der Waals surface area (Å²) in [6.07, 6.45) is 2.78. The molecule has 2 aromatic heterocycles. The number of aryl methyl sites for hydroxylation is 1. The molecule has 2 aliphatic rings. The molecular weight excluding hydrogens is 722 g/mol. The third kappa shape index (κ3) is 6.90. The van der Waals surface area contributed by atoms with E-state index in [1.165, 1.54) is 5.56 Å². The minimum absolute atomic E-state index is 0.00632. The van der Waals surface area contributed by atoms with E-state index in [9.17, 15) is 9.59 Å². The summed E-state index contributed by atoms with van der Waals surface area (Å²) in [5, 5.41) is 1.50. The molecule has 0 spiro atoms. The highest BCUT2D eigenvalue weighted by Gasteiger charge is 2.33. The Hall–Kier alpha value is -5.64. The van der Waals surface area contributed by atoms with Gasteiger partial charge in [0, 0.05) is 95.3 Å². The van der Waals surface area contributed by atoms with E-state index in [1.54, 1.807) is 35.2 Å². The molecule has 0 fully saturated rings. The van der Waals surface area contributed by atoms with Crippen molar-refractivity contribution < 1.29 is 19.1 Å². The average molecular weight is 768 g/mol. The fraction of sp³-hybridized carbons (Fsp3) is 0.283. The van der Waals surface area contributed by atoms with Gasteiger partial charge < -0.3 is 18.8 Å². The SMILES string of the molecule is C[C@@H]1Cc2ccccc2CN1C(=O)c1ccc(Cl)cc1-c1cc(C(=O)N(c2ccc(OC(=O)C(C)(C)C)cc2)c2ccc3c(ccn3C)c2)c2n1CCN(C)C2. The molecule has 6 aromatic rings. The van der Waals surface area contributed by atoms with Crippen LogP contribution in [0.15, 0.2) is 103 Å². The molecule has 2 aliphatic heterocycles. The first kappa shape index (κ1) is 37.3. The molecule has 4 heterocycles. The van der Waals surface area contributed by atoms with Crippen molar-refractivity contribution in [2.75, 3.05) is 18.5 Å². The Morgan fingerprint density at radius 1 is 0.804 bits per heavy atom. The van der Waals surface area contributed by atoms with Gasteiger partial charge in [0.1, 0.15) is 5.75 Å². The Morgan fingerprint density at radius 2 is 1.54 bits per heavy atom. The second kappa shape index (κ2) is 14.5. The molecule has 286 valence electrons. The van der Waals surface area contributed by atoms with Crippen LogP contribution >= 0.6 is 11.6 Å². The monoisotopic (exact) mass is 767 g/mol. The molecule has 0 saturated carbocycles. The number of anilines is 2. The van der Waals surface area contributed by atoms with Crippen molar-refractivity contribution in [1.29, 1.82) is 0 Å². The third-order valence-corrected chi connectivity index (χ3v) is 11.3. The lowest BCUT2D eigenvalue weighted by Gasteiger charge is -2.35. The van der Waals surface area contributed by atoms with E-state index in [4.69, 9.17) is 16.3 Å². The number of aromatic nitrogens is 2. The molecule has 1 atom stereocenters. The highest BCUT2D eigenvalue weighted by Crippen LogP contribution is 2.38. The zero-order valence-corrected chi connectivity index (χ0v) is 33.4. The fourth-order valence-electron chi connectivity index (χ4n) is 7.88. The number of carbonyl (C=O) groups excluding carboxylic acids is 3. The Bertz CT molecular complexity index is 2510. The van der Waals surface area contributed by atoms with Crippen LogP contribution in [0.5, 0.6) is 5.75 Å². The first-order valence-corrected chi connectivity index (χ1v) is 19.4. The summed E-state index contributed by atoms with van der Waals surface area (Å²) < 4.78 is 9.90. The Balaban J connectivity index is 1.23. The van der Waals surface area contributed by atoms with Crippen molar-refractivity contribution in [3.63, 3.8) is 0 Å². The zero-order valence-electron chi connectivity index (χ0n) is 32.7. The first-order chi connectivity index (χ1) is 26.8. The number of fused-ring (bicyclic) bond motifs is 3. The number of rotatable bonds is 6. The van der Waals surface area contributed by atoms with Crippen molar-refractivity contribution in [3.8, 4) is 17.0 Å². The van der Waals surface area contributed by atoms with E-state index in [1.807, 2.05) is 105 Å². The van der Waals surface area contributed by atoms with E-state index in [0.29, 0.717) is 58.5 Å². The van der Waals surface area contributed by atoms with E-state index in [-0.39, 0.29) is 23.8 Å². The van der Waals surface area contributed by atoms with Crippen molar-refractivity contribution >= 4 is 51.7 Å². The maximum Gasteiger partial charge on any atom is 0.316 e. The number of halogens is 1. The molecule has 0 saturated heterocycles. The van der Waals surface area contributed by atoms with Crippen LogP contribution in [-0.2, 0) is 37.9 Å². The maximum absolute atomic E-state index is 15.3. The van der Waals surface area contributed by atoms with Gasteiger partial charge in [-0.1, -0.05) is 35.9 Å². The summed E-state index contributed by atoms with van der Waals surface area (Å²) in [5.41, 5.74) is 7.50.